The van der Waals surface area contributed by atoms with E-state index in [1.165, 1.54) is 31.5 Å². The molecule has 2 heterocycles. The predicted octanol–water partition coefficient (Wildman–Crippen LogP) is 2.29. The number of aryl methyl sites for hydroxylation is 1. The van der Waals surface area contributed by atoms with Crippen LogP contribution >= 0.6 is 0 Å². The van der Waals surface area contributed by atoms with Gasteiger partial charge in [-0.15, -0.1) is 0 Å². The standard InChI is InChI=1S/C13H21N3/c1-11-5-6-13(14-9-11)15-10-12(2)16-7-3-4-8-16/h5-6,9,12H,3-4,7-8,10H2,1-2H3,(H,14,15). The van der Waals surface area contributed by atoms with E-state index >= 15 is 0 Å². The highest BCUT2D eigenvalue weighted by Crippen LogP contribution is 2.12. The van der Waals surface area contributed by atoms with Crippen LogP contribution < -0.4 is 5.32 Å². The largest absolute Gasteiger partial charge is 0.369 e. The monoisotopic (exact) mass is 219 g/mol. The van der Waals surface area contributed by atoms with Crippen LogP contribution in [-0.2, 0) is 0 Å². The second kappa shape index (κ2) is 5.30. The van der Waals surface area contributed by atoms with Crippen molar-refractivity contribution in [2.45, 2.75) is 32.7 Å². The van der Waals surface area contributed by atoms with Crippen LogP contribution in [0.2, 0.25) is 0 Å². The number of anilines is 1. The zero-order valence-electron chi connectivity index (χ0n) is 10.2. The second-order valence-corrected chi connectivity index (χ2v) is 4.69. The van der Waals surface area contributed by atoms with E-state index in [1.54, 1.807) is 0 Å². The maximum absolute atomic E-state index is 4.35. The fourth-order valence-electron chi connectivity index (χ4n) is 2.14. The van der Waals surface area contributed by atoms with E-state index < -0.39 is 0 Å². The highest BCUT2D eigenvalue weighted by atomic mass is 15.2. The molecule has 0 aliphatic carbocycles. The molecule has 0 saturated carbocycles. The van der Waals surface area contributed by atoms with Gasteiger partial charge in [-0.25, -0.2) is 4.98 Å². The molecule has 0 bridgehead atoms. The lowest BCUT2D eigenvalue weighted by molar-refractivity contribution is 0.269. The van der Waals surface area contributed by atoms with Crippen LogP contribution in [0.3, 0.4) is 0 Å². The van der Waals surface area contributed by atoms with E-state index in [-0.39, 0.29) is 0 Å². The molecule has 3 nitrogen and oxygen atoms in total. The van der Waals surface area contributed by atoms with Gasteiger partial charge in [0, 0.05) is 18.8 Å². The Morgan fingerprint density at radius 3 is 2.75 bits per heavy atom. The van der Waals surface area contributed by atoms with Gasteiger partial charge in [0.2, 0.25) is 0 Å². The van der Waals surface area contributed by atoms with Gasteiger partial charge in [-0.3, -0.25) is 4.90 Å². The number of rotatable bonds is 4. The van der Waals surface area contributed by atoms with Gasteiger partial charge >= 0.3 is 0 Å². The van der Waals surface area contributed by atoms with E-state index in [9.17, 15) is 0 Å². The lowest BCUT2D eigenvalue weighted by atomic mass is 10.3. The van der Waals surface area contributed by atoms with Crippen LogP contribution in [0.15, 0.2) is 18.3 Å². The van der Waals surface area contributed by atoms with Gasteiger partial charge in [0.25, 0.3) is 0 Å². The molecule has 1 N–H and O–H groups in total. The predicted molar refractivity (Wildman–Crippen MR) is 67.7 cm³/mol. The topological polar surface area (TPSA) is 28.2 Å². The first-order valence-electron chi connectivity index (χ1n) is 6.16. The zero-order valence-corrected chi connectivity index (χ0v) is 10.2. The molecule has 1 saturated heterocycles. The summed E-state index contributed by atoms with van der Waals surface area (Å²) in [6.45, 7) is 7.83. The third kappa shape index (κ3) is 2.95. The summed E-state index contributed by atoms with van der Waals surface area (Å²) in [4.78, 5) is 6.89. The first kappa shape index (κ1) is 11.4. The summed E-state index contributed by atoms with van der Waals surface area (Å²) in [6, 6.07) is 4.74. The van der Waals surface area contributed by atoms with E-state index in [2.05, 4.69) is 35.1 Å². The summed E-state index contributed by atoms with van der Waals surface area (Å²) < 4.78 is 0. The van der Waals surface area contributed by atoms with E-state index in [4.69, 9.17) is 0 Å². The van der Waals surface area contributed by atoms with Crippen molar-refractivity contribution in [3.8, 4) is 0 Å². The fraction of sp³-hybridized carbons (Fsp3) is 0.615. The van der Waals surface area contributed by atoms with Crippen molar-refractivity contribution in [1.82, 2.24) is 9.88 Å². The molecule has 0 spiro atoms. The first-order chi connectivity index (χ1) is 7.75. The quantitative estimate of drug-likeness (QED) is 0.842. The molecule has 3 heteroatoms. The number of hydrogen-bond donors (Lipinski definition) is 1. The normalized spacial score (nSPS) is 18.6. The maximum Gasteiger partial charge on any atom is 0.125 e. The second-order valence-electron chi connectivity index (χ2n) is 4.69. The highest BCUT2D eigenvalue weighted by molar-refractivity contribution is 5.35. The minimum atomic E-state index is 0.602. The fourth-order valence-corrected chi connectivity index (χ4v) is 2.14. The number of likely N-dealkylation sites (tertiary alicyclic amines) is 1. The Hall–Kier alpha value is -1.09. The summed E-state index contributed by atoms with van der Waals surface area (Å²) in [7, 11) is 0. The van der Waals surface area contributed by atoms with Gasteiger partial charge in [0.15, 0.2) is 0 Å². The van der Waals surface area contributed by atoms with E-state index in [0.29, 0.717) is 6.04 Å². The third-order valence-corrected chi connectivity index (χ3v) is 3.25. The molecule has 0 amide bonds. The van der Waals surface area contributed by atoms with Gasteiger partial charge in [0.05, 0.1) is 0 Å². The van der Waals surface area contributed by atoms with Crippen molar-refractivity contribution in [2.24, 2.45) is 0 Å². The van der Waals surface area contributed by atoms with Crippen molar-refractivity contribution < 1.29 is 0 Å². The number of nitrogens with one attached hydrogen (secondary N) is 1. The lowest BCUT2D eigenvalue weighted by Gasteiger charge is -2.24. The summed E-state index contributed by atoms with van der Waals surface area (Å²) in [5.74, 6) is 0.983. The molecular formula is C13H21N3. The summed E-state index contributed by atoms with van der Waals surface area (Å²) in [5.41, 5.74) is 1.21. The number of nitrogens with zero attached hydrogens (tertiary/aromatic N) is 2. The summed E-state index contributed by atoms with van der Waals surface area (Å²) >= 11 is 0. The Bertz CT molecular complexity index is 314. The molecular weight excluding hydrogens is 198 g/mol. The maximum atomic E-state index is 4.35. The van der Waals surface area contributed by atoms with Gasteiger partial charge in [-0.1, -0.05) is 6.07 Å². The Labute approximate surface area is 97.9 Å². The molecule has 88 valence electrons. The van der Waals surface area contributed by atoms with E-state index in [0.717, 1.165) is 12.4 Å². The van der Waals surface area contributed by atoms with Crippen LogP contribution in [0.25, 0.3) is 0 Å². The number of hydrogen-bond acceptors (Lipinski definition) is 3. The molecule has 2 rings (SSSR count). The van der Waals surface area contributed by atoms with Crippen molar-refractivity contribution in [3.05, 3.63) is 23.9 Å². The smallest absolute Gasteiger partial charge is 0.125 e. The number of aromatic nitrogens is 1. The minimum Gasteiger partial charge on any atom is -0.369 e. The van der Waals surface area contributed by atoms with Crippen molar-refractivity contribution in [3.63, 3.8) is 0 Å². The van der Waals surface area contributed by atoms with Crippen LogP contribution in [0.4, 0.5) is 5.82 Å². The van der Waals surface area contributed by atoms with Gasteiger partial charge in [0.1, 0.15) is 5.82 Å². The van der Waals surface area contributed by atoms with Crippen LogP contribution in [0.1, 0.15) is 25.3 Å². The molecule has 1 aromatic heterocycles. The Morgan fingerprint density at radius 2 is 2.12 bits per heavy atom. The lowest BCUT2D eigenvalue weighted by Crippen LogP contribution is -2.35. The highest BCUT2D eigenvalue weighted by Gasteiger charge is 2.17. The first-order valence-corrected chi connectivity index (χ1v) is 6.16. The Kier molecular flexibility index (Phi) is 3.78. The molecule has 1 aromatic rings. The van der Waals surface area contributed by atoms with Crippen molar-refractivity contribution in [1.29, 1.82) is 0 Å². The van der Waals surface area contributed by atoms with Crippen LogP contribution in [0.5, 0.6) is 0 Å². The number of pyridine rings is 1. The Balaban J connectivity index is 1.80. The third-order valence-electron chi connectivity index (χ3n) is 3.25. The van der Waals surface area contributed by atoms with Gasteiger partial charge < -0.3 is 5.32 Å². The van der Waals surface area contributed by atoms with Crippen molar-refractivity contribution in [2.75, 3.05) is 25.0 Å². The molecule has 0 radical (unpaired) electrons. The molecule has 1 unspecified atom stereocenters. The van der Waals surface area contributed by atoms with Crippen LogP contribution in [-0.4, -0.2) is 35.6 Å². The minimum absolute atomic E-state index is 0.602. The van der Waals surface area contributed by atoms with Gasteiger partial charge in [-0.05, 0) is 51.4 Å². The van der Waals surface area contributed by atoms with Gasteiger partial charge in [-0.2, -0.15) is 0 Å². The molecule has 1 fully saturated rings. The summed E-state index contributed by atoms with van der Waals surface area (Å²) in [6.07, 6.45) is 4.61. The Morgan fingerprint density at radius 1 is 1.38 bits per heavy atom. The van der Waals surface area contributed by atoms with Crippen LogP contribution in [0, 0.1) is 6.92 Å². The molecule has 1 aliphatic rings. The van der Waals surface area contributed by atoms with Crippen molar-refractivity contribution >= 4 is 5.82 Å². The molecule has 16 heavy (non-hydrogen) atoms. The molecule has 0 aromatic carbocycles. The molecule has 1 atom stereocenters. The molecule has 1 aliphatic heterocycles. The zero-order chi connectivity index (χ0) is 11.4. The average molecular weight is 219 g/mol. The van der Waals surface area contributed by atoms with E-state index in [1.807, 2.05) is 12.3 Å². The average Bonchev–Trinajstić information content (AvgIpc) is 2.81. The summed E-state index contributed by atoms with van der Waals surface area (Å²) in [5, 5.41) is 3.40. The SMILES string of the molecule is Cc1ccc(NCC(C)N2CCCC2)nc1.